The topological polar surface area (TPSA) is 45.7 Å². The van der Waals surface area contributed by atoms with Gasteiger partial charge in [0, 0.05) is 28.7 Å². The monoisotopic (exact) mass is 465 g/mol. The van der Waals surface area contributed by atoms with Crippen molar-refractivity contribution in [3.63, 3.8) is 0 Å². The molecule has 5 nitrogen and oxygen atoms in total. The molecular weight excluding hydrogens is 441 g/mol. The second-order valence-corrected chi connectivity index (χ2v) is 8.56. The molecular formula is C22H25Cl2N3O2S. The summed E-state index contributed by atoms with van der Waals surface area (Å²) < 4.78 is 6.69. The van der Waals surface area contributed by atoms with E-state index >= 15 is 0 Å². The van der Waals surface area contributed by atoms with E-state index in [1.165, 1.54) is 11.3 Å². The lowest BCUT2D eigenvalue weighted by molar-refractivity contribution is 0.0983. The summed E-state index contributed by atoms with van der Waals surface area (Å²) in [7, 11) is 0. The predicted octanol–water partition coefficient (Wildman–Crippen LogP) is 5.99. The summed E-state index contributed by atoms with van der Waals surface area (Å²) in [4.78, 5) is 22.2. The Morgan fingerprint density at radius 3 is 2.40 bits per heavy atom. The average molecular weight is 466 g/mol. The zero-order valence-corrected chi connectivity index (χ0v) is 19.7. The molecule has 1 amide bonds. The van der Waals surface area contributed by atoms with Crippen LogP contribution in [0.5, 0.6) is 5.75 Å². The Labute approximate surface area is 191 Å². The van der Waals surface area contributed by atoms with Crippen molar-refractivity contribution in [2.45, 2.75) is 20.8 Å². The molecule has 0 spiro atoms. The van der Waals surface area contributed by atoms with E-state index in [-0.39, 0.29) is 5.91 Å². The Morgan fingerprint density at radius 2 is 1.77 bits per heavy atom. The maximum Gasteiger partial charge on any atom is 0.260 e. The van der Waals surface area contributed by atoms with Crippen LogP contribution >= 0.6 is 34.5 Å². The first-order chi connectivity index (χ1) is 14.5. The summed E-state index contributed by atoms with van der Waals surface area (Å²) in [6.45, 7) is 9.78. The van der Waals surface area contributed by atoms with Gasteiger partial charge in [0.25, 0.3) is 5.91 Å². The molecule has 0 saturated heterocycles. The zero-order valence-electron chi connectivity index (χ0n) is 17.3. The number of rotatable bonds is 9. The molecule has 0 radical (unpaired) electrons. The van der Waals surface area contributed by atoms with Gasteiger partial charge in [-0.15, -0.1) is 0 Å². The second kappa shape index (κ2) is 10.4. The third-order valence-electron chi connectivity index (χ3n) is 4.79. The lowest BCUT2D eigenvalue weighted by Gasteiger charge is -2.25. The normalized spacial score (nSPS) is 11.3. The van der Waals surface area contributed by atoms with E-state index < -0.39 is 0 Å². The van der Waals surface area contributed by atoms with E-state index in [1.54, 1.807) is 23.1 Å². The minimum absolute atomic E-state index is 0.177. The average Bonchev–Trinajstić information content (AvgIpc) is 3.15. The van der Waals surface area contributed by atoms with E-state index in [1.807, 2.05) is 25.1 Å². The van der Waals surface area contributed by atoms with Crippen LogP contribution < -0.4 is 9.64 Å². The molecule has 0 fully saturated rings. The molecule has 0 aliphatic rings. The van der Waals surface area contributed by atoms with Crippen LogP contribution in [0.1, 0.15) is 31.1 Å². The number of thiazole rings is 1. The van der Waals surface area contributed by atoms with Crippen LogP contribution in [0.4, 0.5) is 5.13 Å². The van der Waals surface area contributed by atoms with Crippen molar-refractivity contribution < 1.29 is 9.53 Å². The second-order valence-electron chi connectivity index (χ2n) is 6.67. The Bertz CT molecular complexity index is 1000. The molecule has 0 aliphatic carbocycles. The predicted molar refractivity (Wildman–Crippen MR) is 127 cm³/mol. The minimum Gasteiger partial charge on any atom is -0.492 e. The van der Waals surface area contributed by atoms with Crippen molar-refractivity contribution >= 4 is 55.8 Å². The van der Waals surface area contributed by atoms with Gasteiger partial charge >= 0.3 is 0 Å². The molecule has 0 aliphatic heterocycles. The van der Waals surface area contributed by atoms with E-state index in [0.717, 1.165) is 35.6 Å². The number of anilines is 1. The number of fused-ring (bicyclic) bond motifs is 1. The van der Waals surface area contributed by atoms with Gasteiger partial charge in [-0.3, -0.25) is 9.69 Å². The van der Waals surface area contributed by atoms with Gasteiger partial charge < -0.3 is 9.64 Å². The molecule has 0 atom stereocenters. The van der Waals surface area contributed by atoms with Crippen molar-refractivity contribution in [3.8, 4) is 5.75 Å². The minimum atomic E-state index is -0.177. The number of aromatic nitrogens is 1. The molecule has 0 unspecified atom stereocenters. The van der Waals surface area contributed by atoms with Crippen molar-refractivity contribution in [1.82, 2.24) is 9.88 Å². The van der Waals surface area contributed by atoms with Crippen molar-refractivity contribution in [1.29, 1.82) is 0 Å². The highest BCUT2D eigenvalue weighted by molar-refractivity contribution is 7.22. The third-order valence-corrected chi connectivity index (χ3v) is 6.27. The lowest BCUT2D eigenvalue weighted by Crippen LogP contribution is -2.38. The van der Waals surface area contributed by atoms with Gasteiger partial charge in [-0.25, -0.2) is 4.98 Å². The van der Waals surface area contributed by atoms with E-state index in [0.29, 0.717) is 33.9 Å². The van der Waals surface area contributed by atoms with Gasteiger partial charge in [-0.2, -0.15) is 0 Å². The zero-order chi connectivity index (χ0) is 21.7. The first kappa shape index (κ1) is 22.8. The summed E-state index contributed by atoms with van der Waals surface area (Å²) in [5.41, 5.74) is 1.21. The summed E-state index contributed by atoms with van der Waals surface area (Å²) in [5, 5.41) is 1.49. The summed E-state index contributed by atoms with van der Waals surface area (Å²) in [6, 6.07) is 10.7. The standard InChI is InChI=1S/C22H25Cl2N3O2S/c1-4-26(5-2)10-11-27(21(28)15-12-16(23)14-17(24)13-15)22-25-20-18(29-6-3)8-7-9-19(20)30-22/h7-9,12-14H,4-6,10-11H2,1-3H3. The number of carbonyl (C=O) groups excluding carboxylic acids is 1. The highest BCUT2D eigenvalue weighted by Gasteiger charge is 2.23. The van der Waals surface area contributed by atoms with Gasteiger partial charge in [0.15, 0.2) is 5.13 Å². The van der Waals surface area contributed by atoms with Crippen LogP contribution in [0.15, 0.2) is 36.4 Å². The highest BCUT2D eigenvalue weighted by Crippen LogP contribution is 2.35. The number of nitrogens with zero attached hydrogens (tertiary/aromatic N) is 3. The molecule has 2 aromatic carbocycles. The van der Waals surface area contributed by atoms with Crippen LogP contribution in [0.2, 0.25) is 10.0 Å². The maximum absolute atomic E-state index is 13.5. The molecule has 8 heteroatoms. The molecule has 1 aromatic heterocycles. The maximum atomic E-state index is 13.5. The van der Waals surface area contributed by atoms with Crippen LogP contribution in [0.3, 0.4) is 0 Å². The lowest BCUT2D eigenvalue weighted by atomic mass is 10.2. The SMILES string of the molecule is CCOc1cccc2sc(N(CCN(CC)CC)C(=O)c3cc(Cl)cc(Cl)c3)nc12. The number of halogens is 2. The Balaban J connectivity index is 2.01. The van der Waals surface area contributed by atoms with Gasteiger partial charge in [0.05, 0.1) is 11.3 Å². The Morgan fingerprint density at radius 1 is 1.07 bits per heavy atom. The van der Waals surface area contributed by atoms with Crippen LogP contribution in [-0.2, 0) is 0 Å². The number of amides is 1. The number of hydrogen-bond donors (Lipinski definition) is 0. The van der Waals surface area contributed by atoms with Gasteiger partial charge in [0.2, 0.25) is 0 Å². The summed E-state index contributed by atoms with van der Waals surface area (Å²) in [5.74, 6) is 0.544. The molecule has 1 heterocycles. The molecule has 3 rings (SSSR count). The van der Waals surface area contributed by atoms with E-state index in [2.05, 4.69) is 18.7 Å². The van der Waals surface area contributed by atoms with E-state index in [4.69, 9.17) is 32.9 Å². The van der Waals surface area contributed by atoms with Gasteiger partial charge in [-0.05, 0) is 50.3 Å². The Kier molecular flexibility index (Phi) is 7.94. The van der Waals surface area contributed by atoms with Crippen LogP contribution in [0.25, 0.3) is 10.2 Å². The fourth-order valence-corrected chi connectivity index (χ4v) is 4.73. The third kappa shape index (κ3) is 5.24. The first-order valence-electron chi connectivity index (χ1n) is 9.99. The number of likely N-dealkylation sites (N-methyl/N-ethyl adjacent to an activating group) is 1. The number of carbonyl (C=O) groups is 1. The van der Waals surface area contributed by atoms with Crippen molar-refractivity contribution in [3.05, 3.63) is 52.0 Å². The highest BCUT2D eigenvalue weighted by atomic mass is 35.5. The molecule has 0 bridgehead atoms. The van der Waals surface area contributed by atoms with Gasteiger partial charge in [0.1, 0.15) is 11.3 Å². The quantitative estimate of drug-likeness (QED) is 0.389. The summed E-state index contributed by atoms with van der Waals surface area (Å²) in [6.07, 6.45) is 0. The smallest absolute Gasteiger partial charge is 0.260 e. The number of ether oxygens (including phenoxy) is 1. The van der Waals surface area contributed by atoms with Crippen molar-refractivity contribution in [2.75, 3.05) is 37.7 Å². The van der Waals surface area contributed by atoms with Crippen LogP contribution in [0, 0.1) is 0 Å². The van der Waals surface area contributed by atoms with Crippen molar-refractivity contribution in [2.24, 2.45) is 0 Å². The number of benzene rings is 2. The van der Waals surface area contributed by atoms with E-state index in [9.17, 15) is 4.79 Å². The first-order valence-corrected chi connectivity index (χ1v) is 11.6. The fraction of sp³-hybridized carbons (Fsp3) is 0.364. The fourth-order valence-electron chi connectivity index (χ4n) is 3.20. The number of hydrogen-bond acceptors (Lipinski definition) is 5. The number of para-hydroxylation sites is 1. The van der Waals surface area contributed by atoms with Gasteiger partial charge in [-0.1, -0.05) is 54.5 Å². The summed E-state index contributed by atoms with van der Waals surface area (Å²) >= 11 is 13.8. The largest absolute Gasteiger partial charge is 0.492 e. The molecule has 0 saturated carbocycles. The molecule has 30 heavy (non-hydrogen) atoms. The molecule has 0 N–H and O–H groups in total. The molecule has 3 aromatic rings. The Hall–Kier alpha value is -1.86. The van der Waals surface area contributed by atoms with Crippen LogP contribution in [-0.4, -0.2) is 48.6 Å². The molecule has 160 valence electrons.